The van der Waals surface area contributed by atoms with Gasteiger partial charge in [0.15, 0.2) is 0 Å². The summed E-state index contributed by atoms with van der Waals surface area (Å²) in [6.07, 6.45) is 2.87. The lowest BCUT2D eigenvalue weighted by molar-refractivity contribution is 0.00833. The molecule has 2 aromatic rings. The minimum atomic E-state index is -0.854. The van der Waals surface area contributed by atoms with Gasteiger partial charge in [0.1, 0.15) is 12.0 Å². The molecule has 0 saturated heterocycles. The number of rotatable bonds is 3. The van der Waals surface area contributed by atoms with Crippen LogP contribution in [0.15, 0.2) is 54.6 Å². The Kier molecular flexibility index (Phi) is 4.02. The Bertz CT molecular complexity index is 727. The van der Waals surface area contributed by atoms with Crippen molar-refractivity contribution in [1.82, 2.24) is 4.90 Å². The first-order valence-electron chi connectivity index (χ1n) is 7.15. The van der Waals surface area contributed by atoms with Crippen molar-refractivity contribution in [2.75, 3.05) is 6.54 Å². The molecule has 1 aliphatic rings. The molecule has 22 heavy (non-hydrogen) atoms. The smallest absolute Gasteiger partial charge is 0.256 e. The van der Waals surface area contributed by atoms with Crippen molar-refractivity contribution in [3.63, 3.8) is 0 Å². The maximum atomic E-state index is 13.5. The Labute approximate surface area is 128 Å². The van der Waals surface area contributed by atoms with E-state index in [0.717, 1.165) is 5.56 Å². The molecule has 112 valence electrons. The summed E-state index contributed by atoms with van der Waals surface area (Å²) < 4.78 is 13.5. The van der Waals surface area contributed by atoms with Crippen LogP contribution >= 0.6 is 0 Å². The highest BCUT2D eigenvalue weighted by molar-refractivity contribution is 5.97. The molecule has 0 radical (unpaired) electrons. The molecular formula is C18H16FNO2. The number of nitrogens with zero attached hydrogens (tertiary/aromatic N) is 1. The van der Waals surface area contributed by atoms with Gasteiger partial charge in [-0.05, 0) is 17.7 Å². The van der Waals surface area contributed by atoms with E-state index in [9.17, 15) is 14.3 Å². The zero-order valence-electron chi connectivity index (χ0n) is 11.9. The van der Waals surface area contributed by atoms with Gasteiger partial charge in [0.25, 0.3) is 5.91 Å². The van der Waals surface area contributed by atoms with Crippen LogP contribution in [0.1, 0.15) is 21.5 Å². The number of aliphatic hydroxyl groups excluding tert-OH is 1. The second kappa shape index (κ2) is 6.12. The Morgan fingerprint density at radius 3 is 2.73 bits per heavy atom. The number of hydrogen-bond donors (Lipinski definition) is 1. The molecule has 0 spiro atoms. The molecular weight excluding hydrogens is 281 g/mol. The van der Waals surface area contributed by atoms with Gasteiger partial charge < -0.3 is 10.0 Å². The van der Waals surface area contributed by atoms with Crippen LogP contribution in [0.25, 0.3) is 6.08 Å². The molecule has 3 rings (SSSR count). The van der Waals surface area contributed by atoms with Crippen molar-refractivity contribution < 1.29 is 14.3 Å². The average molecular weight is 297 g/mol. The van der Waals surface area contributed by atoms with Gasteiger partial charge in [-0.25, -0.2) is 4.39 Å². The van der Waals surface area contributed by atoms with E-state index >= 15 is 0 Å². The van der Waals surface area contributed by atoms with Crippen LogP contribution in [0.3, 0.4) is 0 Å². The van der Waals surface area contributed by atoms with Crippen molar-refractivity contribution in [3.05, 3.63) is 77.1 Å². The van der Waals surface area contributed by atoms with Gasteiger partial charge in [0.05, 0.1) is 0 Å². The topological polar surface area (TPSA) is 40.5 Å². The third kappa shape index (κ3) is 2.78. The monoisotopic (exact) mass is 297 g/mol. The second-order valence-electron chi connectivity index (χ2n) is 5.22. The fourth-order valence-corrected chi connectivity index (χ4v) is 2.61. The summed E-state index contributed by atoms with van der Waals surface area (Å²) in [6, 6.07) is 13.7. The molecule has 1 heterocycles. The van der Waals surface area contributed by atoms with Gasteiger partial charge in [-0.1, -0.05) is 48.6 Å². The fourth-order valence-electron chi connectivity index (χ4n) is 2.61. The number of hydrogen-bond acceptors (Lipinski definition) is 2. The van der Waals surface area contributed by atoms with E-state index in [1.807, 2.05) is 18.2 Å². The normalized spacial score (nSPS) is 17.8. The number of amides is 1. The predicted molar refractivity (Wildman–Crippen MR) is 82.6 cm³/mol. The van der Waals surface area contributed by atoms with Gasteiger partial charge in [0, 0.05) is 24.1 Å². The first-order chi connectivity index (χ1) is 10.7. The number of benzene rings is 2. The Hall–Kier alpha value is -2.46. The molecule has 4 heteroatoms. The Balaban J connectivity index is 1.76. The lowest BCUT2D eigenvalue weighted by atomic mass is 9.98. The third-order valence-electron chi connectivity index (χ3n) is 3.78. The molecule has 1 aliphatic heterocycles. The molecule has 3 nitrogen and oxygen atoms in total. The summed E-state index contributed by atoms with van der Waals surface area (Å²) >= 11 is 0. The van der Waals surface area contributed by atoms with Gasteiger partial charge in [-0.15, -0.1) is 0 Å². The highest BCUT2D eigenvalue weighted by Crippen LogP contribution is 2.22. The van der Waals surface area contributed by atoms with Crippen molar-refractivity contribution in [3.8, 4) is 0 Å². The van der Waals surface area contributed by atoms with Crippen molar-refractivity contribution in [2.45, 2.75) is 12.6 Å². The van der Waals surface area contributed by atoms with Crippen LogP contribution in [0.4, 0.5) is 4.39 Å². The van der Waals surface area contributed by atoms with Gasteiger partial charge in [-0.3, -0.25) is 4.79 Å². The Morgan fingerprint density at radius 1 is 1.18 bits per heavy atom. The van der Waals surface area contributed by atoms with Crippen LogP contribution in [0, 0.1) is 5.82 Å². The summed E-state index contributed by atoms with van der Waals surface area (Å²) in [5.74, 6) is -0.512. The zero-order chi connectivity index (χ0) is 15.5. The van der Waals surface area contributed by atoms with Gasteiger partial charge >= 0.3 is 0 Å². The van der Waals surface area contributed by atoms with Crippen LogP contribution < -0.4 is 0 Å². The molecule has 1 N–H and O–H groups in total. The first kappa shape index (κ1) is 14.5. The molecule has 0 aromatic heterocycles. The van der Waals surface area contributed by atoms with E-state index in [4.69, 9.17) is 0 Å². The lowest BCUT2D eigenvalue weighted by Gasteiger charge is -2.32. The lowest BCUT2D eigenvalue weighted by Crippen LogP contribution is -2.45. The third-order valence-corrected chi connectivity index (χ3v) is 3.78. The largest absolute Gasteiger partial charge is 0.373 e. The van der Waals surface area contributed by atoms with E-state index in [0.29, 0.717) is 17.5 Å². The van der Waals surface area contributed by atoms with Gasteiger partial charge in [0.2, 0.25) is 0 Å². The van der Waals surface area contributed by atoms with Crippen LogP contribution in [0.5, 0.6) is 0 Å². The maximum Gasteiger partial charge on any atom is 0.256 e. The van der Waals surface area contributed by atoms with E-state index in [-0.39, 0.29) is 18.3 Å². The number of carbonyl (C=O) groups excluding carboxylic acids is 1. The van der Waals surface area contributed by atoms with E-state index in [1.165, 1.54) is 11.0 Å². The summed E-state index contributed by atoms with van der Waals surface area (Å²) in [4.78, 5) is 13.8. The quantitative estimate of drug-likeness (QED) is 0.946. The molecule has 0 aliphatic carbocycles. The number of fused-ring (bicyclic) bond motifs is 1. The van der Waals surface area contributed by atoms with Crippen molar-refractivity contribution >= 4 is 12.0 Å². The molecule has 1 unspecified atom stereocenters. The van der Waals surface area contributed by atoms with E-state index in [2.05, 4.69) is 0 Å². The fraction of sp³-hybridized carbons (Fsp3) is 0.167. The highest BCUT2D eigenvalue weighted by atomic mass is 19.1. The number of halogens is 1. The number of aliphatic hydroxyl groups is 1. The van der Waals surface area contributed by atoms with E-state index in [1.54, 1.807) is 36.4 Å². The Morgan fingerprint density at radius 2 is 1.91 bits per heavy atom. The first-order valence-corrected chi connectivity index (χ1v) is 7.15. The minimum Gasteiger partial charge on any atom is -0.373 e. The molecule has 2 aromatic carbocycles. The summed E-state index contributed by atoms with van der Waals surface area (Å²) in [5.41, 5.74) is 1.93. The maximum absolute atomic E-state index is 13.5. The van der Waals surface area contributed by atoms with Crippen molar-refractivity contribution in [2.24, 2.45) is 0 Å². The highest BCUT2D eigenvalue weighted by Gasteiger charge is 2.29. The van der Waals surface area contributed by atoms with Crippen LogP contribution in [-0.4, -0.2) is 28.7 Å². The minimum absolute atomic E-state index is 0.201. The predicted octanol–water partition coefficient (Wildman–Crippen LogP) is 2.86. The van der Waals surface area contributed by atoms with Crippen LogP contribution in [-0.2, 0) is 6.42 Å². The van der Waals surface area contributed by atoms with E-state index < -0.39 is 6.23 Å². The summed E-state index contributed by atoms with van der Waals surface area (Å²) in [7, 11) is 0. The zero-order valence-corrected chi connectivity index (χ0v) is 11.9. The average Bonchev–Trinajstić information content (AvgIpc) is 2.52. The second-order valence-corrected chi connectivity index (χ2v) is 5.22. The van der Waals surface area contributed by atoms with Gasteiger partial charge in [-0.2, -0.15) is 0 Å². The molecule has 0 bridgehead atoms. The molecule has 1 atom stereocenters. The summed E-state index contributed by atoms with van der Waals surface area (Å²) in [6.45, 7) is 0.239. The number of carbonyl (C=O) groups is 1. The molecule has 0 fully saturated rings. The molecule has 0 saturated carbocycles. The van der Waals surface area contributed by atoms with Crippen molar-refractivity contribution in [1.29, 1.82) is 0 Å². The summed E-state index contributed by atoms with van der Waals surface area (Å²) in [5, 5.41) is 10.1. The SMILES string of the molecule is O=C1c2ccccc2CC(O)N1C/C=C/c1ccccc1F. The molecule has 1 amide bonds. The standard InChI is InChI=1S/C18H16FNO2/c19-16-10-4-2-6-13(16)8-5-11-20-17(21)12-14-7-1-3-9-15(14)18(20)22/h1-10,17,21H,11-12H2/b8-5+. The van der Waals surface area contributed by atoms with Crippen LogP contribution in [0.2, 0.25) is 0 Å².